The largest absolute Gasteiger partial charge is 0.478 e. The van der Waals surface area contributed by atoms with Gasteiger partial charge in [-0.15, -0.1) is 0 Å². The van der Waals surface area contributed by atoms with E-state index in [4.69, 9.17) is 5.11 Å². The lowest BCUT2D eigenvalue weighted by atomic mass is 10.0. The maximum Gasteiger partial charge on any atom is 0.331 e. The molecule has 1 aliphatic rings. The van der Waals surface area contributed by atoms with Crippen LogP contribution in [0.3, 0.4) is 0 Å². The first-order valence-corrected chi connectivity index (χ1v) is 5.47. The fourth-order valence-corrected chi connectivity index (χ4v) is 1.31. The van der Waals surface area contributed by atoms with Crippen molar-refractivity contribution in [1.82, 2.24) is 0 Å². The van der Waals surface area contributed by atoms with Crippen molar-refractivity contribution < 1.29 is 9.90 Å². The van der Waals surface area contributed by atoms with E-state index in [1.54, 1.807) is 13.8 Å². The lowest BCUT2D eigenvalue weighted by Gasteiger charge is -2.05. The lowest BCUT2D eigenvalue weighted by molar-refractivity contribution is -0.133. The smallest absolute Gasteiger partial charge is 0.331 e. The number of hydrogen-bond donors (Lipinski definition) is 1. The van der Waals surface area contributed by atoms with E-state index in [-0.39, 0.29) is 11.5 Å². The molecule has 2 nitrogen and oxygen atoms in total. The summed E-state index contributed by atoms with van der Waals surface area (Å²) < 4.78 is 0. The second kappa shape index (κ2) is 7.60. The highest BCUT2D eigenvalue weighted by Gasteiger charge is 2.06. The van der Waals surface area contributed by atoms with E-state index in [0.29, 0.717) is 0 Å². The molecule has 0 aromatic carbocycles. The first-order valence-electron chi connectivity index (χ1n) is 5.47. The van der Waals surface area contributed by atoms with Gasteiger partial charge in [-0.2, -0.15) is 0 Å². The summed E-state index contributed by atoms with van der Waals surface area (Å²) >= 11 is 0. The number of carboxylic acid groups (broad SMARTS) is 1. The molecule has 0 bridgehead atoms. The summed E-state index contributed by atoms with van der Waals surface area (Å²) in [5, 5.41) is 8.25. The zero-order valence-corrected chi connectivity index (χ0v) is 9.38. The van der Waals surface area contributed by atoms with E-state index in [2.05, 4.69) is 6.58 Å². The van der Waals surface area contributed by atoms with Gasteiger partial charge < -0.3 is 5.11 Å². The second-order valence-electron chi connectivity index (χ2n) is 4.11. The van der Waals surface area contributed by atoms with Gasteiger partial charge in [0.25, 0.3) is 0 Å². The summed E-state index contributed by atoms with van der Waals surface area (Å²) in [6.45, 7) is 6.96. The van der Waals surface area contributed by atoms with Crippen LogP contribution in [0.1, 0.15) is 52.4 Å². The summed E-state index contributed by atoms with van der Waals surface area (Å²) in [4.78, 5) is 10.0. The maximum absolute atomic E-state index is 10.0. The molecule has 1 N–H and O–H groups in total. The van der Waals surface area contributed by atoms with Gasteiger partial charge in [-0.25, -0.2) is 4.79 Å². The molecular weight excluding hydrogens is 176 g/mol. The Kier molecular flexibility index (Phi) is 7.17. The fourth-order valence-electron chi connectivity index (χ4n) is 1.31. The van der Waals surface area contributed by atoms with E-state index >= 15 is 0 Å². The van der Waals surface area contributed by atoms with E-state index in [9.17, 15) is 4.79 Å². The predicted molar refractivity (Wildman–Crippen MR) is 59.3 cm³/mol. The molecule has 0 aromatic heterocycles. The van der Waals surface area contributed by atoms with Crippen molar-refractivity contribution in [3.8, 4) is 0 Å². The van der Waals surface area contributed by atoms with Gasteiger partial charge in [-0.1, -0.05) is 59.0 Å². The van der Waals surface area contributed by atoms with Crippen LogP contribution >= 0.6 is 0 Å². The normalized spacial score (nSPS) is 15.6. The van der Waals surface area contributed by atoms with Crippen molar-refractivity contribution in [1.29, 1.82) is 0 Å². The topological polar surface area (TPSA) is 37.3 Å². The average Bonchev–Trinajstić information content (AvgIpc) is 2.20. The molecule has 82 valence electrons. The van der Waals surface area contributed by atoms with Crippen LogP contribution in [0.25, 0.3) is 0 Å². The quantitative estimate of drug-likeness (QED) is 0.688. The van der Waals surface area contributed by atoms with Crippen LogP contribution in [0, 0.1) is 5.92 Å². The minimum Gasteiger partial charge on any atom is -0.478 e. The predicted octanol–water partition coefficient (Wildman–Crippen LogP) is 3.62. The number of rotatable bonds is 2. The van der Waals surface area contributed by atoms with Gasteiger partial charge in [0.2, 0.25) is 0 Å². The molecule has 0 unspecified atom stereocenters. The number of carbonyl (C=O) groups is 1. The van der Waals surface area contributed by atoms with Crippen LogP contribution in [0.5, 0.6) is 0 Å². The maximum atomic E-state index is 10.0. The Hall–Kier alpha value is -0.790. The van der Waals surface area contributed by atoms with Crippen molar-refractivity contribution >= 4 is 5.97 Å². The number of aliphatic carboxylic acids is 1. The molecule has 0 saturated heterocycles. The van der Waals surface area contributed by atoms with Crippen molar-refractivity contribution in [3.63, 3.8) is 0 Å². The Morgan fingerprint density at radius 2 is 1.36 bits per heavy atom. The fraction of sp³-hybridized carbons (Fsp3) is 0.750. The first kappa shape index (κ1) is 13.2. The third-order valence-electron chi connectivity index (χ3n) is 2.47. The van der Waals surface area contributed by atoms with Crippen LogP contribution in [0.2, 0.25) is 0 Å². The Morgan fingerprint density at radius 3 is 1.43 bits per heavy atom. The van der Waals surface area contributed by atoms with Gasteiger partial charge in [-0.05, 0) is 5.92 Å². The monoisotopic (exact) mass is 198 g/mol. The van der Waals surface area contributed by atoms with Gasteiger partial charge in [0, 0.05) is 5.57 Å². The molecule has 14 heavy (non-hydrogen) atoms. The van der Waals surface area contributed by atoms with Crippen molar-refractivity contribution in [2.75, 3.05) is 0 Å². The summed E-state index contributed by atoms with van der Waals surface area (Å²) in [6, 6.07) is 0. The molecule has 0 atom stereocenters. The summed E-state index contributed by atoms with van der Waals surface area (Å²) in [5.41, 5.74) is 0.269. The molecule has 1 rings (SSSR count). The summed E-state index contributed by atoms with van der Waals surface area (Å²) in [6.07, 6.45) is 9.00. The molecule has 0 heterocycles. The van der Waals surface area contributed by atoms with Crippen molar-refractivity contribution in [2.24, 2.45) is 5.92 Å². The molecule has 1 fully saturated rings. The van der Waals surface area contributed by atoms with Gasteiger partial charge in [-0.3, -0.25) is 0 Å². The Morgan fingerprint density at radius 1 is 1.07 bits per heavy atom. The highest BCUT2D eigenvalue weighted by Crippen LogP contribution is 2.15. The second-order valence-corrected chi connectivity index (χ2v) is 4.11. The average molecular weight is 198 g/mol. The molecular formula is C12H22O2. The first-order chi connectivity index (χ1) is 6.55. The van der Waals surface area contributed by atoms with Crippen LogP contribution in [-0.2, 0) is 4.79 Å². The van der Waals surface area contributed by atoms with Gasteiger partial charge in [0.05, 0.1) is 0 Å². The summed E-state index contributed by atoms with van der Waals surface area (Å²) in [7, 11) is 0. The van der Waals surface area contributed by atoms with E-state index in [1.165, 1.54) is 38.5 Å². The molecule has 2 heteroatoms. The molecule has 0 radical (unpaired) electrons. The number of carboxylic acids is 1. The third kappa shape index (κ3) is 6.70. The lowest BCUT2D eigenvalue weighted by Crippen LogP contribution is -2.04. The standard InChI is InChI=1S/C6H10O2.C6H12/c1-4(2)5(3)6(7)8;1-2-4-6-5-3-1/h4H,3H2,1-2H3,(H,7,8);1-6H2. The number of hydrogen-bond acceptors (Lipinski definition) is 1. The van der Waals surface area contributed by atoms with Crippen LogP contribution in [0.15, 0.2) is 12.2 Å². The third-order valence-corrected chi connectivity index (χ3v) is 2.47. The molecule has 0 spiro atoms. The van der Waals surface area contributed by atoms with E-state index in [1.807, 2.05) is 0 Å². The molecule has 0 aromatic rings. The summed E-state index contributed by atoms with van der Waals surface area (Å²) in [5.74, 6) is -0.854. The molecule has 0 aliphatic heterocycles. The Balaban J connectivity index is 0.000000249. The van der Waals surface area contributed by atoms with Gasteiger partial charge in [0.15, 0.2) is 0 Å². The Labute approximate surface area is 87.0 Å². The van der Waals surface area contributed by atoms with Crippen molar-refractivity contribution in [3.05, 3.63) is 12.2 Å². The molecule has 1 aliphatic carbocycles. The van der Waals surface area contributed by atoms with Gasteiger partial charge in [0.1, 0.15) is 0 Å². The minimum absolute atomic E-state index is 0.0486. The van der Waals surface area contributed by atoms with E-state index in [0.717, 1.165) is 0 Å². The van der Waals surface area contributed by atoms with Crippen LogP contribution in [-0.4, -0.2) is 11.1 Å². The highest BCUT2D eigenvalue weighted by atomic mass is 16.4. The van der Waals surface area contributed by atoms with Crippen molar-refractivity contribution in [2.45, 2.75) is 52.4 Å². The zero-order valence-electron chi connectivity index (χ0n) is 9.38. The van der Waals surface area contributed by atoms with Gasteiger partial charge >= 0.3 is 5.97 Å². The van der Waals surface area contributed by atoms with E-state index < -0.39 is 5.97 Å². The van der Waals surface area contributed by atoms with Crippen LogP contribution < -0.4 is 0 Å². The molecule has 1 saturated carbocycles. The highest BCUT2D eigenvalue weighted by molar-refractivity contribution is 5.86. The Bertz CT molecular complexity index is 167. The van der Waals surface area contributed by atoms with Crippen LogP contribution in [0.4, 0.5) is 0 Å². The minimum atomic E-state index is -0.903. The SMILES string of the molecule is C1CCCCC1.C=C(C(=O)O)C(C)C. The molecule has 0 amide bonds. The zero-order chi connectivity index (χ0) is 11.0.